The second kappa shape index (κ2) is 17.3. The molecular weight excluding hydrogens is 664 g/mol. The third-order valence-electron chi connectivity index (χ3n) is 8.41. The van der Waals surface area contributed by atoms with Crippen LogP contribution < -0.4 is 26.6 Å². The van der Waals surface area contributed by atoms with Crippen molar-refractivity contribution in [1.29, 1.82) is 0 Å². The largest absolute Gasteiger partial charge is 0.384 e. The number of amides is 7. The van der Waals surface area contributed by atoms with Crippen molar-refractivity contribution in [2.45, 2.75) is 70.3 Å². The summed E-state index contributed by atoms with van der Waals surface area (Å²) >= 11 is 5.84. The summed E-state index contributed by atoms with van der Waals surface area (Å²) in [6, 6.07) is 9.80. The van der Waals surface area contributed by atoms with Gasteiger partial charge in [-0.3, -0.25) is 39.2 Å². The zero-order valence-electron chi connectivity index (χ0n) is 27.4. The van der Waals surface area contributed by atoms with Crippen LogP contribution in [0.5, 0.6) is 0 Å². The van der Waals surface area contributed by atoms with Crippen molar-refractivity contribution in [3.8, 4) is 0 Å². The lowest BCUT2D eigenvalue weighted by molar-refractivity contribution is -0.136. The van der Waals surface area contributed by atoms with Crippen LogP contribution in [0, 0.1) is 0 Å². The van der Waals surface area contributed by atoms with Gasteiger partial charge in [0.1, 0.15) is 16.9 Å². The second-order valence-electron chi connectivity index (χ2n) is 12.1. The molecule has 5 rings (SSSR count). The van der Waals surface area contributed by atoms with Crippen LogP contribution in [0.25, 0.3) is 0 Å². The van der Waals surface area contributed by atoms with Crippen LogP contribution in [-0.4, -0.2) is 69.6 Å². The standard InChI is InChI=1S/C35H39ClN8O6/c36-28-21-23(15-19-39-28)42-35(50)41-22-14-18-38-26(20-22)31(46)40-17-8-6-4-2-1-3-5-7-16-37-25-11-9-10-24-30(25)34(49)44(33(24)48)27-12-13-29(45)43-32(27)47/h9-11,14-15,18-21,27,37H,1-8,12-13,16-17H2,(H,40,46)(H,43,45,47)(H2,38,39,41,42,50). The van der Waals surface area contributed by atoms with Gasteiger partial charge in [0.15, 0.2) is 0 Å². The number of imide groups is 2. The fourth-order valence-corrected chi connectivity index (χ4v) is 6.07. The van der Waals surface area contributed by atoms with Crippen LogP contribution in [0.15, 0.2) is 54.9 Å². The fraction of sp³-hybridized carbons (Fsp3) is 0.371. The molecule has 0 saturated carbocycles. The van der Waals surface area contributed by atoms with Crippen LogP contribution in [0.4, 0.5) is 21.9 Å². The Morgan fingerprint density at radius 3 is 2.18 bits per heavy atom. The zero-order chi connectivity index (χ0) is 35.5. The normalized spacial score (nSPS) is 15.4. The molecule has 2 aromatic heterocycles. The van der Waals surface area contributed by atoms with Gasteiger partial charge in [-0.1, -0.05) is 56.2 Å². The molecular formula is C35H39ClN8O6. The minimum Gasteiger partial charge on any atom is -0.384 e. The number of carbonyl (C=O) groups excluding carboxylic acids is 6. The van der Waals surface area contributed by atoms with E-state index >= 15 is 0 Å². The van der Waals surface area contributed by atoms with Crippen LogP contribution >= 0.6 is 11.6 Å². The summed E-state index contributed by atoms with van der Waals surface area (Å²) in [7, 11) is 0. The number of benzene rings is 1. The Balaban J connectivity index is 0.920. The predicted octanol–water partition coefficient (Wildman–Crippen LogP) is 5.14. The van der Waals surface area contributed by atoms with Gasteiger partial charge in [0.05, 0.1) is 11.1 Å². The first-order chi connectivity index (χ1) is 24.2. The lowest BCUT2D eigenvalue weighted by Crippen LogP contribution is -2.54. The number of rotatable bonds is 16. The summed E-state index contributed by atoms with van der Waals surface area (Å²) in [5, 5.41) is 13.9. The molecule has 1 fully saturated rings. The van der Waals surface area contributed by atoms with Crippen molar-refractivity contribution < 1.29 is 28.8 Å². The summed E-state index contributed by atoms with van der Waals surface area (Å²) in [6.45, 7) is 1.16. The third-order valence-corrected chi connectivity index (χ3v) is 8.61. The number of carbonyl (C=O) groups is 6. The number of hydrogen-bond donors (Lipinski definition) is 5. The maximum atomic E-state index is 13.2. The van der Waals surface area contributed by atoms with Crippen molar-refractivity contribution in [3.63, 3.8) is 0 Å². The highest BCUT2D eigenvalue weighted by atomic mass is 35.5. The van der Waals surface area contributed by atoms with Crippen LogP contribution in [0.3, 0.4) is 0 Å². The summed E-state index contributed by atoms with van der Waals surface area (Å²) in [6.07, 6.45) is 11.2. The monoisotopic (exact) mass is 702 g/mol. The van der Waals surface area contributed by atoms with Crippen molar-refractivity contribution in [2.24, 2.45) is 0 Å². The number of halogens is 1. The molecule has 0 bridgehead atoms. The fourth-order valence-electron chi connectivity index (χ4n) is 5.89. The maximum Gasteiger partial charge on any atom is 0.323 e. The van der Waals surface area contributed by atoms with Gasteiger partial charge in [0, 0.05) is 49.0 Å². The number of pyridine rings is 2. The molecule has 2 aliphatic heterocycles. The molecule has 14 nitrogen and oxygen atoms in total. The van der Waals surface area contributed by atoms with E-state index in [0.717, 1.165) is 56.3 Å². The molecule has 3 aromatic rings. The molecule has 50 heavy (non-hydrogen) atoms. The van der Waals surface area contributed by atoms with E-state index in [-0.39, 0.29) is 40.7 Å². The van der Waals surface area contributed by atoms with E-state index in [2.05, 4.69) is 36.6 Å². The van der Waals surface area contributed by atoms with Crippen molar-refractivity contribution in [1.82, 2.24) is 25.5 Å². The highest BCUT2D eigenvalue weighted by Gasteiger charge is 2.45. The molecule has 0 aliphatic carbocycles. The number of nitrogens with one attached hydrogen (secondary N) is 5. The Kier molecular flexibility index (Phi) is 12.5. The van der Waals surface area contributed by atoms with E-state index in [0.29, 0.717) is 30.2 Å². The lowest BCUT2D eigenvalue weighted by Gasteiger charge is -2.27. The molecule has 1 saturated heterocycles. The van der Waals surface area contributed by atoms with Gasteiger partial charge in [0.25, 0.3) is 17.7 Å². The zero-order valence-corrected chi connectivity index (χ0v) is 28.2. The van der Waals surface area contributed by atoms with Crippen LogP contribution in [-0.2, 0) is 9.59 Å². The summed E-state index contributed by atoms with van der Waals surface area (Å²) in [4.78, 5) is 83.9. The topological polar surface area (TPSA) is 192 Å². The number of aromatic nitrogens is 2. The summed E-state index contributed by atoms with van der Waals surface area (Å²) < 4.78 is 0. The Hall–Kier alpha value is -5.37. The molecule has 1 unspecified atom stereocenters. The Labute approximate surface area is 294 Å². The molecule has 5 N–H and O–H groups in total. The summed E-state index contributed by atoms with van der Waals surface area (Å²) in [5.74, 6) is -2.38. The number of nitrogens with zero attached hydrogens (tertiary/aromatic N) is 3. The first kappa shape index (κ1) is 35.9. The van der Waals surface area contributed by atoms with E-state index in [4.69, 9.17) is 11.6 Å². The Morgan fingerprint density at radius 1 is 0.820 bits per heavy atom. The first-order valence-corrected chi connectivity index (χ1v) is 17.1. The number of urea groups is 1. The van der Waals surface area contributed by atoms with Crippen LogP contribution in [0.2, 0.25) is 5.15 Å². The van der Waals surface area contributed by atoms with Crippen molar-refractivity contribution >= 4 is 64.2 Å². The second-order valence-corrected chi connectivity index (χ2v) is 12.4. The minimum atomic E-state index is -0.988. The molecule has 0 radical (unpaired) electrons. The SMILES string of the molecule is O=C1CCC(N2C(=O)c3cccc(NCCCCCCCCCCNC(=O)c4cc(NC(=O)Nc5ccnc(Cl)c5)ccn4)c3C2=O)C(=O)N1. The highest BCUT2D eigenvalue weighted by Crippen LogP contribution is 2.32. The number of unbranched alkanes of at least 4 members (excludes halogenated alkanes) is 7. The van der Waals surface area contributed by atoms with Crippen molar-refractivity contribution in [3.05, 3.63) is 76.8 Å². The number of fused-ring (bicyclic) bond motifs is 1. The van der Waals surface area contributed by atoms with E-state index in [9.17, 15) is 28.8 Å². The third kappa shape index (κ3) is 9.41. The van der Waals surface area contributed by atoms with Gasteiger partial charge in [-0.2, -0.15) is 0 Å². The van der Waals surface area contributed by atoms with Crippen LogP contribution in [0.1, 0.15) is 95.4 Å². The smallest absolute Gasteiger partial charge is 0.323 e. The van der Waals surface area contributed by atoms with E-state index < -0.39 is 35.7 Å². The van der Waals surface area contributed by atoms with E-state index in [1.165, 1.54) is 24.5 Å². The van der Waals surface area contributed by atoms with Gasteiger partial charge in [-0.05, 0) is 55.7 Å². The van der Waals surface area contributed by atoms with E-state index in [1.54, 1.807) is 30.3 Å². The van der Waals surface area contributed by atoms with Gasteiger partial charge in [0.2, 0.25) is 11.8 Å². The lowest BCUT2D eigenvalue weighted by atomic mass is 10.0. The summed E-state index contributed by atoms with van der Waals surface area (Å²) in [5.41, 5.74) is 2.21. The van der Waals surface area contributed by atoms with Gasteiger partial charge < -0.3 is 21.3 Å². The molecule has 4 heterocycles. The van der Waals surface area contributed by atoms with Gasteiger partial charge in [-0.25, -0.2) is 9.78 Å². The van der Waals surface area contributed by atoms with Gasteiger partial charge in [-0.15, -0.1) is 0 Å². The highest BCUT2D eigenvalue weighted by molar-refractivity contribution is 6.29. The number of hydrogen-bond acceptors (Lipinski definition) is 9. The average molecular weight is 703 g/mol. The quantitative estimate of drug-likeness (QED) is 0.0764. The van der Waals surface area contributed by atoms with Crippen molar-refractivity contribution in [2.75, 3.05) is 29.0 Å². The Bertz CT molecular complexity index is 1770. The predicted molar refractivity (Wildman–Crippen MR) is 187 cm³/mol. The molecule has 15 heteroatoms. The average Bonchev–Trinajstić information content (AvgIpc) is 3.34. The molecule has 262 valence electrons. The first-order valence-electron chi connectivity index (χ1n) is 16.7. The molecule has 1 aromatic carbocycles. The molecule has 0 spiro atoms. The minimum absolute atomic E-state index is 0.0792. The molecule has 7 amide bonds. The van der Waals surface area contributed by atoms with Gasteiger partial charge >= 0.3 is 6.03 Å². The number of anilines is 3. The van der Waals surface area contributed by atoms with E-state index in [1.807, 2.05) is 0 Å². The number of piperidine rings is 1. The molecule has 1 atom stereocenters. The molecule has 2 aliphatic rings. The Morgan fingerprint density at radius 2 is 1.48 bits per heavy atom. The maximum absolute atomic E-state index is 13.2.